The Bertz CT molecular complexity index is 868. The smallest absolute Gasteiger partial charge is 0.225 e. The summed E-state index contributed by atoms with van der Waals surface area (Å²) in [5.41, 5.74) is 1.36. The van der Waals surface area contributed by atoms with Crippen LogP contribution in [0.3, 0.4) is 0 Å². The first kappa shape index (κ1) is 17.9. The van der Waals surface area contributed by atoms with Gasteiger partial charge in [-0.2, -0.15) is 4.68 Å². The molecule has 2 aromatic carbocycles. The highest BCUT2D eigenvalue weighted by Gasteiger charge is 2.10. The summed E-state index contributed by atoms with van der Waals surface area (Å²) in [6.45, 7) is 0. The Kier molecular flexibility index (Phi) is 5.80. The number of carbonyl (C=O) groups is 1. The van der Waals surface area contributed by atoms with Gasteiger partial charge in [0.15, 0.2) is 0 Å². The zero-order valence-electron chi connectivity index (χ0n) is 13.9. The summed E-state index contributed by atoms with van der Waals surface area (Å²) in [5.74, 6) is 0.744. The van der Waals surface area contributed by atoms with Crippen molar-refractivity contribution in [1.29, 1.82) is 0 Å². The second-order valence-corrected chi connectivity index (χ2v) is 6.29. The van der Waals surface area contributed by atoms with E-state index in [4.69, 9.17) is 4.74 Å². The molecule has 0 unspecified atom stereocenters. The van der Waals surface area contributed by atoms with E-state index in [-0.39, 0.29) is 18.1 Å². The van der Waals surface area contributed by atoms with Gasteiger partial charge in [0.25, 0.3) is 0 Å². The van der Waals surface area contributed by atoms with Crippen molar-refractivity contribution in [2.24, 2.45) is 0 Å². The van der Waals surface area contributed by atoms with E-state index >= 15 is 0 Å². The molecular weight excluding hydrogens is 357 g/mol. The molecule has 0 aliphatic carbocycles. The minimum absolute atomic E-state index is 0.160. The molecule has 3 aromatic rings. The average molecular weight is 373 g/mol. The van der Waals surface area contributed by atoms with Crippen LogP contribution in [-0.4, -0.2) is 39.0 Å². The fourth-order valence-corrected chi connectivity index (χ4v) is 2.97. The van der Waals surface area contributed by atoms with Gasteiger partial charge in [0.1, 0.15) is 11.6 Å². The lowest BCUT2D eigenvalue weighted by Gasteiger charge is -2.06. The highest BCUT2D eigenvalue weighted by molar-refractivity contribution is 7.99. The minimum atomic E-state index is -0.344. The standard InChI is InChI=1S/C17H16FN5O2S/c1-25-15-8-6-14(7-9-15)23-17(20-21-22-23)26-11-10-16(24)19-13-4-2-12(18)3-5-13/h2-9H,10-11H2,1H3,(H,19,24). The molecule has 134 valence electrons. The number of ether oxygens (including phenoxy) is 1. The second-order valence-electron chi connectivity index (χ2n) is 5.22. The molecule has 1 N–H and O–H groups in total. The number of benzene rings is 2. The Hall–Kier alpha value is -2.94. The maximum atomic E-state index is 12.9. The fourth-order valence-electron chi connectivity index (χ4n) is 2.15. The van der Waals surface area contributed by atoms with Crippen LogP contribution in [0.15, 0.2) is 53.7 Å². The van der Waals surface area contributed by atoms with E-state index in [1.165, 1.54) is 36.0 Å². The minimum Gasteiger partial charge on any atom is -0.497 e. The van der Waals surface area contributed by atoms with E-state index < -0.39 is 0 Å². The number of halogens is 1. The maximum Gasteiger partial charge on any atom is 0.225 e. The van der Waals surface area contributed by atoms with Crippen molar-refractivity contribution in [2.45, 2.75) is 11.6 Å². The lowest BCUT2D eigenvalue weighted by atomic mass is 10.3. The molecule has 1 heterocycles. The van der Waals surface area contributed by atoms with E-state index in [1.807, 2.05) is 24.3 Å². The Labute approximate surface area is 153 Å². The van der Waals surface area contributed by atoms with Crippen LogP contribution in [0.5, 0.6) is 5.75 Å². The first-order chi connectivity index (χ1) is 12.7. The van der Waals surface area contributed by atoms with E-state index in [9.17, 15) is 9.18 Å². The summed E-state index contributed by atoms with van der Waals surface area (Å²) >= 11 is 1.37. The van der Waals surface area contributed by atoms with Crippen molar-refractivity contribution in [3.63, 3.8) is 0 Å². The predicted octanol–water partition coefficient (Wildman–Crippen LogP) is 2.93. The SMILES string of the molecule is COc1ccc(-n2nnnc2SCCC(=O)Nc2ccc(F)cc2)cc1. The van der Waals surface area contributed by atoms with E-state index in [0.717, 1.165) is 11.4 Å². The molecule has 0 fully saturated rings. The number of tetrazole rings is 1. The van der Waals surface area contributed by atoms with Crippen LogP contribution >= 0.6 is 11.8 Å². The summed E-state index contributed by atoms with van der Waals surface area (Å²) in [6.07, 6.45) is 0.275. The fraction of sp³-hybridized carbons (Fsp3) is 0.176. The second kappa shape index (κ2) is 8.43. The molecule has 0 bridgehead atoms. The number of thioether (sulfide) groups is 1. The molecule has 0 aliphatic heterocycles. The molecule has 0 saturated carbocycles. The number of nitrogens with zero attached hydrogens (tertiary/aromatic N) is 4. The summed E-state index contributed by atoms with van der Waals surface area (Å²) in [7, 11) is 1.60. The van der Waals surface area contributed by atoms with Gasteiger partial charge in [-0.05, 0) is 59.0 Å². The number of anilines is 1. The van der Waals surface area contributed by atoms with Crippen molar-refractivity contribution in [3.8, 4) is 11.4 Å². The molecule has 0 saturated heterocycles. The quantitative estimate of drug-likeness (QED) is 0.641. The van der Waals surface area contributed by atoms with Crippen LogP contribution in [-0.2, 0) is 4.79 Å². The molecule has 7 nitrogen and oxygen atoms in total. The molecule has 9 heteroatoms. The Morgan fingerprint density at radius 3 is 2.62 bits per heavy atom. The van der Waals surface area contributed by atoms with Crippen LogP contribution in [0.25, 0.3) is 5.69 Å². The summed E-state index contributed by atoms with van der Waals surface area (Å²) < 4.78 is 19.6. The van der Waals surface area contributed by atoms with Gasteiger partial charge in [0.05, 0.1) is 12.8 Å². The lowest BCUT2D eigenvalue weighted by Crippen LogP contribution is -2.12. The van der Waals surface area contributed by atoms with Gasteiger partial charge in [-0.15, -0.1) is 5.10 Å². The third-order valence-corrected chi connectivity index (χ3v) is 4.37. The average Bonchev–Trinajstić information content (AvgIpc) is 3.12. The van der Waals surface area contributed by atoms with Crippen LogP contribution in [0.4, 0.5) is 10.1 Å². The molecule has 0 spiro atoms. The lowest BCUT2D eigenvalue weighted by molar-refractivity contribution is -0.115. The third kappa shape index (κ3) is 4.57. The van der Waals surface area contributed by atoms with Crippen molar-refractivity contribution in [3.05, 3.63) is 54.3 Å². The zero-order chi connectivity index (χ0) is 18.4. The number of aromatic nitrogens is 4. The van der Waals surface area contributed by atoms with Crippen molar-refractivity contribution >= 4 is 23.4 Å². The predicted molar refractivity (Wildman–Crippen MR) is 96.1 cm³/mol. The summed E-state index contributed by atoms with van der Waals surface area (Å²) in [6, 6.07) is 13.0. The molecule has 0 atom stereocenters. The number of hydrogen-bond donors (Lipinski definition) is 1. The van der Waals surface area contributed by atoms with Crippen LogP contribution in [0.2, 0.25) is 0 Å². The van der Waals surface area contributed by atoms with Crippen molar-refractivity contribution < 1.29 is 13.9 Å². The first-order valence-corrected chi connectivity index (χ1v) is 8.75. The van der Waals surface area contributed by atoms with Gasteiger partial charge >= 0.3 is 0 Å². The van der Waals surface area contributed by atoms with Gasteiger partial charge in [0, 0.05) is 17.9 Å². The topological polar surface area (TPSA) is 81.9 Å². The monoisotopic (exact) mass is 373 g/mol. The van der Waals surface area contributed by atoms with Gasteiger partial charge < -0.3 is 10.1 Å². The number of methoxy groups -OCH3 is 1. The molecule has 0 radical (unpaired) electrons. The highest BCUT2D eigenvalue weighted by Crippen LogP contribution is 2.21. The van der Waals surface area contributed by atoms with E-state index in [1.54, 1.807) is 11.8 Å². The number of nitrogens with one attached hydrogen (secondary N) is 1. The van der Waals surface area contributed by atoms with Crippen LogP contribution in [0, 0.1) is 5.82 Å². The highest BCUT2D eigenvalue weighted by atomic mass is 32.2. The van der Waals surface area contributed by atoms with Gasteiger partial charge in [0.2, 0.25) is 11.1 Å². The summed E-state index contributed by atoms with van der Waals surface area (Å²) in [4.78, 5) is 12.0. The first-order valence-electron chi connectivity index (χ1n) is 7.77. The molecule has 1 amide bonds. The molecule has 26 heavy (non-hydrogen) atoms. The largest absolute Gasteiger partial charge is 0.497 e. The van der Waals surface area contributed by atoms with Gasteiger partial charge in [-0.3, -0.25) is 4.79 Å². The number of amides is 1. The normalized spacial score (nSPS) is 10.5. The van der Waals surface area contributed by atoms with E-state index in [2.05, 4.69) is 20.8 Å². The molecule has 0 aliphatic rings. The van der Waals surface area contributed by atoms with Crippen LogP contribution < -0.4 is 10.1 Å². The number of rotatable bonds is 7. The van der Waals surface area contributed by atoms with Gasteiger partial charge in [-0.25, -0.2) is 4.39 Å². The van der Waals surface area contributed by atoms with Crippen LogP contribution in [0.1, 0.15) is 6.42 Å². The number of hydrogen-bond acceptors (Lipinski definition) is 6. The third-order valence-electron chi connectivity index (χ3n) is 3.45. The summed E-state index contributed by atoms with van der Waals surface area (Å²) in [5, 5.41) is 15.0. The van der Waals surface area contributed by atoms with Crippen molar-refractivity contribution in [1.82, 2.24) is 20.2 Å². The van der Waals surface area contributed by atoms with Gasteiger partial charge in [-0.1, -0.05) is 11.8 Å². The Morgan fingerprint density at radius 1 is 1.19 bits per heavy atom. The Balaban J connectivity index is 1.54. The maximum absolute atomic E-state index is 12.9. The molecular formula is C17H16FN5O2S. The molecule has 1 aromatic heterocycles. The number of carbonyl (C=O) groups excluding carboxylic acids is 1. The molecule has 3 rings (SSSR count). The van der Waals surface area contributed by atoms with Crippen molar-refractivity contribution in [2.75, 3.05) is 18.2 Å². The zero-order valence-corrected chi connectivity index (χ0v) is 14.7. The van der Waals surface area contributed by atoms with E-state index in [0.29, 0.717) is 16.6 Å². The Morgan fingerprint density at radius 2 is 1.92 bits per heavy atom.